The van der Waals surface area contributed by atoms with Crippen LogP contribution in [-0.4, -0.2) is 34.9 Å². The number of carbonyl (C=O) groups is 1. The van der Waals surface area contributed by atoms with Crippen molar-refractivity contribution in [3.05, 3.63) is 40.3 Å². The molecule has 0 atom stereocenters. The van der Waals surface area contributed by atoms with Crippen LogP contribution in [0.25, 0.3) is 11.0 Å². The molecule has 0 aliphatic heterocycles. The summed E-state index contributed by atoms with van der Waals surface area (Å²) in [6, 6.07) is 10.2. The first-order valence-electron chi connectivity index (χ1n) is 9.62. The monoisotopic (exact) mass is 426 g/mol. The summed E-state index contributed by atoms with van der Waals surface area (Å²) >= 11 is 2.96. The van der Waals surface area contributed by atoms with E-state index in [0.717, 1.165) is 47.4 Å². The van der Waals surface area contributed by atoms with Crippen molar-refractivity contribution < 1.29 is 9.53 Å². The van der Waals surface area contributed by atoms with Crippen LogP contribution in [0.5, 0.6) is 0 Å². The van der Waals surface area contributed by atoms with Crippen molar-refractivity contribution in [1.82, 2.24) is 9.55 Å². The van der Waals surface area contributed by atoms with Gasteiger partial charge in [-0.15, -0.1) is 11.3 Å². The average Bonchev–Trinajstić information content (AvgIpc) is 3.27. The minimum Gasteiger partial charge on any atom is -0.383 e. The molecule has 1 amide bonds. The molecule has 1 aromatic carbocycles. The molecule has 2 aromatic heterocycles. The van der Waals surface area contributed by atoms with Gasteiger partial charge in [-0.25, -0.2) is 4.98 Å². The van der Waals surface area contributed by atoms with Gasteiger partial charge in [0.1, 0.15) is 11.1 Å². The number of para-hydroxylation sites is 2. The number of thiophene rings is 1. The molecular weight excluding hydrogens is 404 g/mol. The van der Waals surface area contributed by atoms with Crippen LogP contribution in [0, 0.1) is 11.3 Å². The number of benzene rings is 1. The Balaban J connectivity index is 1.48. The van der Waals surface area contributed by atoms with Crippen LogP contribution in [0.1, 0.15) is 28.8 Å². The Morgan fingerprint density at radius 3 is 3.03 bits per heavy atom. The Labute approximate surface area is 177 Å². The third kappa shape index (κ3) is 4.17. The quantitative estimate of drug-likeness (QED) is 0.572. The molecule has 1 N–H and O–H groups in total. The van der Waals surface area contributed by atoms with Gasteiger partial charge in [0, 0.05) is 18.5 Å². The predicted octanol–water partition coefficient (Wildman–Crippen LogP) is 4.23. The van der Waals surface area contributed by atoms with Gasteiger partial charge in [-0.05, 0) is 43.4 Å². The van der Waals surface area contributed by atoms with E-state index in [-0.39, 0.29) is 11.7 Å². The van der Waals surface area contributed by atoms with Gasteiger partial charge in [0.2, 0.25) is 5.91 Å². The fraction of sp³-hybridized carbons (Fsp3) is 0.381. The summed E-state index contributed by atoms with van der Waals surface area (Å²) in [5, 5.41) is 14.0. The minimum absolute atomic E-state index is 0.115. The second-order valence-corrected chi connectivity index (χ2v) is 8.94. The zero-order valence-electron chi connectivity index (χ0n) is 16.2. The summed E-state index contributed by atoms with van der Waals surface area (Å²) in [4.78, 5) is 18.5. The third-order valence-electron chi connectivity index (χ3n) is 5.01. The lowest BCUT2D eigenvalue weighted by Gasteiger charge is -2.09. The highest BCUT2D eigenvalue weighted by molar-refractivity contribution is 7.99. The number of hydrogen-bond acceptors (Lipinski definition) is 6. The van der Waals surface area contributed by atoms with E-state index in [4.69, 9.17) is 4.74 Å². The number of ether oxygens (including phenoxy) is 1. The minimum atomic E-state index is -0.115. The van der Waals surface area contributed by atoms with Crippen LogP contribution < -0.4 is 5.32 Å². The predicted molar refractivity (Wildman–Crippen MR) is 117 cm³/mol. The number of hydrogen-bond donors (Lipinski definition) is 1. The largest absolute Gasteiger partial charge is 0.383 e. The van der Waals surface area contributed by atoms with E-state index >= 15 is 0 Å². The molecule has 0 unspecified atom stereocenters. The average molecular weight is 427 g/mol. The van der Waals surface area contributed by atoms with Gasteiger partial charge in [0.15, 0.2) is 5.16 Å². The lowest BCUT2D eigenvalue weighted by molar-refractivity contribution is -0.113. The van der Waals surface area contributed by atoms with Crippen molar-refractivity contribution in [2.24, 2.45) is 0 Å². The fourth-order valence-corrected chi connectivity index (χ4v) is 5.72. The maximum Gasteiger partial charge on any atom is 0.235 e. The lowest BCUT2D eigenvalue weighted by Crippen LogP contribution is -2.15. The van der Waals surface area contributed by atoms with E-state index < -0.39 is 0 Å². The summed E-state index contributed by atoms with van der Waals surface area (Å²) in [6.07, 6.45) is 4.20. The molecule has 0 radical (unpaired) electrons. The van der Waals surface area contributed by atoms with Crippen LogP contribution in [0.4, 0.5) is 5.00 Å². The molecule has 6 nitrogen and oxygen atoms in total. The molecule has 8 heteroatoms. The first-order chi connectivity index (χ1) is 14.2. The van der Waals surface area contributed by atoms with Gasteiger partial charge >= 0.3 is 0 Å². The molecule has 0 saturated carbocycles. The van der Waals surface area contributed by atoms with Crippen LogP contribution in [0.15, 0.2) is 29.4 Å². The summed E-state index contributed by atoms with van der Waals surface area (Å²) in [5.41, 5.74) is 3.72. The molecule has 0 fully saturated rings. The number of aryl methyl sites for hydroxylation is 1. The number of amides is 1. The Morgan fingerprint density at radius 2 is 2.21 bits per heavy atom. The Bertz CT molecular complexity index is 1080. The highest BCUT2D eigenvalue weighted by atomic mass is 32.2. The van der Waals surface area contributed by atoms with Crippen molar-refractivity contribution in [2.45, 2.75) is 37.4 Å². The number of thioether (sulfide) groups is 1. The zero-order chi connectivity index (χ0) is 20.2. The number of rotatable bonds is 7. The Kier molecular flexibility index (Phi) is 6.19. The number of anilines is 1. The molecule has 4 rings (SSSR count). The number of nitriles is 1. The number of carbonyl (C=O) groups excluding carboxylic acids is 1. The second-order valence-electron chi connectivity index (χ2n) is 6.89. The van der Waals surface area contributed by atoms with Gasteiger partial charge in [0.05, 0.1) is 29.0 Å². The first kappa shape index (κ1) is 20.0. The van der Waals surface area contributed by atoms with Crippen molar-refractivity contribution in [1.29, 1.82) is 5.26 Å². The second kappa shape index (κ2) is 8.99. The van der Waals surface area contributed by atoms with E-state index in [1.165, 1.54) is 16.6 Å². The number of methoxy groups -OCH3 is 1. The van der Waals surface area contributed by atoms with Gasteiger partial charge in [0.25, 0.3) is 0 Å². The van der Waals surface area contributed by atoms with E-state index in [2.05, 4.69) is 20.9 Å². The van der Waals surface area contributed by atoms with E-state index in [0.29, 0.717) is 23.7 Å². The molecule has 150 valence electrons. The summed E-state index contributed by atoms with van der Waals surface area (Å²) in [6.45, 7) is 1.25. The summed E-state index contributed by atoms with van der Waals surface area (Å²) < 4.78 is 7.31. The maximum atomic E-state index is 12.6. The molecular formula is C21H22N4O2S2. The normalized spacial score (nSPS) is 13.2. The van der Waals surface area contributed by atoms with E-state index in [1.54, 1.807) is 18.4 Å². The summed E-state index contributed by atoms with van der Waals surface area (Å²) in [5.74, 6) is 0.124. The van der Waals surface area contributed by atoms with Crippen LogP contribution in [-0.2, 0) is 28.9 Å². The van der Waals surface area contributed by atoms with Crippen LogP contribution >= 0.6 is 23.1 Å². The van der Waals surface area contributed by atoms with Gasteiger partial charge < -0.3 is 14.6 Å². The maximum absolute atomic E-state index is 12.6. The van der Waals surface area contributed by atoms with Crippen molar-refractivity contribution >= 4 is 45.0 Å². The molecule has 2 heterocycles. The number of fused-ring (bicyclic) bond motifs is 2. The van der Waals surface area contributed by atoms with Crippen molar-refractivity contribution in [2.75, 3.05) is 24.8 Å². The van der Waals surface area contributed by atoms with E-state index in [1.807, 2.05) is 24.3 Å². The van der Waals surface area contributed by atoms with Gasteiger partial charge in [-0.1, -0.05) is 23.9 Å². The number of imidazole rings is 1. The van der Waals surface area contributed by atoms with Crippen molar-refractivity contribution in [3.8, 4) is 6.07 Å². The molecule has 3 aromatic rings. The SMILES string of the molecule is COCCn1c(SCC(=O)Nc2sc3c(c2C#N)CCCC3)nc2ccccc21. The first-order valence-corrected chi connectivity index (χ1v) is 11.4. The summed E-state index contributed by atoms with van der Waals surface area (Å²) in [7, 11) is 1.67. The molecule has 0 spiro atoms. The topological polar surface area (TPSA) is 79.9 Å². The standard InChI is InChI=1S/C21H22N4O2S2/c1-27-11-10-25-17-8-4-3-7-16(17)23-21(25)28-13-19(26)24-20-15(12-22)14-6-2-5-9-18(14)29-20/h3-4,7-8H,2,5-6,9-11,13H2,1H3,(H,24,26). The van der Waals surface area contributed by atoms with Gasteiger partial charge in [-0.2, -0.15) is 5.26 Å². The van der Waals surface area contributed by atoms with Crippen LogP contribution in [0.3, 0.4) is 0 Å². The van der Waals surface area contributed by atoms with Gasteiger partial charge in [-0.3, -0.25) is 4.79 Å². The fourth-order valence-electron chi connectivity index (χ4n) is 3.63. The smallest absolute Gasteiger partial charge is 0.235 e. The zero-order valence-corrected chi connectivity index (χ0v) is 17.9. The molecule has 0 bridgehead atoms. The Morgan fingerprint density at radius 1 is 1.38 bits per heavy atom. The number of nitrogens with zero attached hydrogens (tertiary/aromatic N) is 3. The molecule has 0 saturated heterocycles. The highest BCUT2D eigenvalue weighted by Gasteiger charge is 2.22. The van der Waals surface area contributed by atoms with Crippen LogP contribution in [0.2, 0.25) is 0 Å². The number of aromatic nitrogens is 2. The molecule has 29 heavy (non-hydrogen) atoms. The number of nitrogens with one attached hydrogen (secondary N) is 1. The van der Waals surface area contributed by atoms with Crippen molar-refractivity contribution in [3.63, 3.8) is 0 Å². The molecule has 1 aliphatic rings. The highest BCUT2D eigenvalue weighted by Crippen LogP contribution is 2.37. The third-order valence-corrected chi connectivity index (χ3v) is 7.19. The van der Waals surface area contributed by atoms with E-state index in [9.17, 15) is 10.1 Å². The Hall–Kier alpha value is -2.34. The lowest BCUT2D eigenvalue weighted by atomic mass is 9.96. The molecule has 1 aliphatic carbocycles.